The van der Waals surface area contributed by atoms with Gasteiger partial charge in [0, 0.05) is 6.04 Å². The summed E-state index contributed by atoms with van der Waals surface area (Å²) in [5, 5.41) is 0.275. The fraction of sp³-hybridized carbons (Fsp3) is 0.625. The van der Waals surface area contributed by atoms with E-state index in [2.05, 4.69) is 9.71 Å². The second kappa shape index (κ2) is 4.46. The normalized spacial score (nSPS) is 14.1. The summed E-state index contributed by atoms with van der Waals surface area (Å²) in [6, 6.07) is -0.0854. The van der Waals surface area contributed by atoms with Gasteiger partial charge in [-0.1, -0.05) is 18.3 Å². The van der Waals surface area contributed by atoms with E-state index < -0.39 is 10.0 Å². The molecule has 0 amide bonds. The molecular weight excluding hydrogens is 234 g/mol. The van der Waals surface area contributed by atoms with E-state index in [1.54, 1.807) is 6.92 Å². The summed E-state index contributed by atoms with van der Waals surface area (Å²) in [5.41, 5.74) is 5.91. The number of nitrogens with zero attached hydrogens (tertiary/aromatic N) is 1. The molecule has 5 nitrogen and oxygen atoms in total. The van der Waals surface area contributed by atoms with Crippen molar-refractivity contribution < 1.29 is 8.42 Å². The maximum atomic E-state index is 11.8. The Morgan fingerprint density at radius 3 is 2.60 bits per heavy atom. The van der Waals surface area contributed by atoms with Crippen molar-refractivity contribution in [1.82, 2.24) is 9.71 Å². The molecule has 0 spiro atoms. The highest BCUT2D eigenvalue weighted by atomic mass is 32.2. The molecule has 0 bridgehead atoms. The number of hydrogen-bond donors (Lipinski definition) is 2. The van der Waals surface area contributed by atoms with Gasteiger partial charge in [0.1, 0.15) is 0 Å². The number of aryl methyl sites for hydroxylation is 1. The van der Waals surface area contributed by atoms with Crippen LogP contribution in [0.15, 0.2) is 4.21 Å². The van der Waals surface area contributed by atoms with E-state index in [1.807, 2.05) is 13.8 Å². The number of hydrogen-bond acceptors (Lipinski definition) is 5. The minimum Gasteiger partial charge on any atom is -0.375 e. The molecule has 1 heterocycles. The van der Waals surface area contributed by atoms with Gasteiger partial charge in [0.2, 0.25) is 0 Å². The minimum absolute atomic E-state index is 0.0854. The topological polar surface area (TPSA) is 85.1 Å². The molecule has 15 heavy (non-hydrogen) atoms. The summed E-state index contributed by atoms with van der Waals surface area (Å²) in [6.07, 6.45) is 0.743. The van der Waals surface area contributed by atoms with Crippen molar-refractivity contribution in [2.45, 2.75) is 37.4 Å². The van der Waals surface area contributed by atoms with Crippen molar-refractivity contribution in [2.75, 3.05) is 5.73 Å². The van der Waals surface area contributed by atoms with Crippen molar-refractivity contribution in [3.05, 3.63) is 5.69 Å². The Morgan fingerprint density at radius 1 is 1.60 bits per heavy atom. The molecule has 1 unspecified atom stereocenters. The molecule has 0 saturated heterocycles. The second-order valence-electron chi connectivity index (χ2n) is 3.36. The maximum Gasteiger partial charge on any atom is 0.252 e. The number of thiazole rings is 1. The predicted molar refractivity (Wildman–Crippen MR) is 61.3 cm³/mol. The van der Waals surface area contributed by atoms with Crippen molar-refractivity contribution in [1.29, 1.82) is 0 Å². The molecule has 86 valence electrons. The first-order valence-electron chi connectivity index (χ1n) is 4.62. The Morgan fingerprint density at radius 2 is 2.20 bits per heavy atom. The lowest BCUT2D eigenvalue weighted by Gasteiger charge is -2.10. The Hall–Kier alpha value is -0.660. The van der Waals surface area contributed by atoms with E-state index in [1.165, 1.54) is 0 Å². The number of sulfonamides is 1. The molecule has 0 aliphatic carbocycles. The zero-order valence-electron chi connectivity index (χ0n) is 8.94. The van der Waals surface area contributed by atoms with Gasteiger partial charge in [-0.05, 0) is 20.3 Å². The quantitative estimate of drug-likeness (QED) is 0.837. The van der Waals surface area contributed by atoms with Crippen molar-refractivity contribution in [3.8, 4) is 0 Å². The van der Waals surface area contributed by atoms with Gasteiger partial charge in [0.15, 0.2) is 9.34 Å². The Balaban J connectivity index is 3.01. The summed E-state index contributed by atoms with van der Waals surface area (Å²) >= 11 is 0.990. The molecule has 1 aromatic rings. The summed E-state index contributed by atoms with van der Waals surface area (Å²) in [7, 11) is -3.46. The third-order valence-corrected chi connectivity index (χ3v) is 5.17. The van der Waals surface area contributed by atoms with Crippen LogP contribution in [0.2, 0.25) is 0 Å². The third kappa shape index (κ3) is 2.90. The monoisotopic (exact) mass is 249 g/mol. The third-order valence-electron chi connectivity index (χ3n) is 1.98. The van der Waals surface area contributed by atoms with Crippen LogP contribution in [-0.2, 0) is 10.0 Å². The Labute approximate surface area is 93.8 Å². The molecule has 1 aromatic heterocycles. The number of nitrogen functional groups attached to an aromatic ring is 1. The van der Waals surface area contributed by atoms with Crippen molar-refractivity contribution in [3.63, 3.8) is 0 Å². The SMILES string of the molecule is CCC(C)NS(=O)(=O)c1sc(N)nc1C. The van der Waals surface area contributed by atoms with E-state index in [4.69, 9.17) is 5.73 Å². The highest BCUT2D eigenvalue weighted by molar-refractivity contribution is 7.91. The van der Waals surface area contributed by atoms with Crippen molar-refractivity contribution >= 4 is 26.5 Å². The number of anilines is 1. The Kier molecular flexibility index (Phi) is 3.69. The van der Waals surface area contributed by atoms with Crippen LogP contribution in [0.3, 0.4) is 0 Å². The maximum absolute atomic E-state index is 11.8. The van der Waals surface area contributed by atoms with Crippen LogP contribution in [0.1, 0.15) is 26.0 Å². The fourth-order valence-electron chi connectivity index (χ4n) is 1.05. The van der Waals surface area contributed by atoms with Gasteiger partial charge in [-0.2, -0.15) is 0 Å². The standard InChI is InChI=1S/C8H15N3O2S2/c1-4-5(2)11-15(12,13)7-6(3)10-8(9)14-7/h5,11H,4H2,1-3H3,(H2,9,10). The summed E-state index contributed by atoms with van der Waals surface area (Å²) in [6.45, 7) is 5.37. The van der Waals surface area contributed by atoms with E-state index in [9.17, 15) is 8.42 Å². The van der Waals surface area contributed by atoms with Crippen LogP contribution in [0.4, 0.5) is 5.13 Å². The van der Waals surface area contributed by atoms with Gasteiger partial charge in [0.05, 0.1) is 5.69 Å². The number of aromatic nitrogens is 1. The van der Waals surface area contributed by atoms with Crippen LogP contribution in [0, 0.1) is 6.92 Å². The summed E-state index contributed by atoms with van der Waals surface area (Å²) in [5.74, 6) is 0. The lowest BCUT2D eigenvalue weighted by Crippen LogP contribution is -2.31. The largest absolute Gasteiger partial charge is 0.375 e. The van der Waals surface area contributed by atoms with E-state index >= 15 is 0 Å². The lowest BCUT2D eigenvalue weighted by atomic mass is 10.3. The number of rotatable bonds is 4. The molecule has 3 N–H and O–H groups in total. The summed E-state index contributed by atoms with van der Waals surface area (Å²) in [4.78, 5) is 3.89. The average Bonchev–Trinajstić information content (AvgIpc) is 2.45. The predicted octanol–water partition coefficient (Wildman–Crippen LogP) is 1.11. The van der Waals surface area contributed by atoms with E-state index in [0.717, 1.165) is 17.8 Å². The summed E-state index contributed by atoms with van der Waals surface area (Å²) < 4.78 is 26.5. The van der Waals surface area contributed by atoms with E-state index in [0.29, 0.717) is 5.69 Å². The first-order chi connectivity index (χ1) is 6.86. The first kappa shape index (κ1) is 12.4. The van der Waals surface area contributed by atoms with Gasteiger partial charge in [-0.25, -0.2) is 18.1 Å². The van der Waals surface area contributed by atoms with Gasteiger partial charge >= 0.3 is 0 Å². The molecule has 0 aliphatic heterocycles. The molecule has 0 saturated carbocycles. The molecule has 0 fully saturated rings. The van der Waals surface area contributed by atoms with E-state index in [-0.39, 0.29) is 15.4 Å². The van der Waals surface area contributed by atoms with Crippen molar-refractivity contribution in [2.24, 2.45) is 0 Å². The van der Waals surface area contributed by atoms with Crippen LogP contribution in [-0.4, -0.2) is 19.4 Å². The lowest BCUT2D eigenvalue weighted by molar-refractivity contribution is 0.557. The van der Waals surface area contributed by atoms with Crippen LogP contribution in [0.5, 0.6) is 0 Å². The smallest absolute Gasteiger partial charge is 0.252 e. The number of nitrogens with one attached hydrogen (secondary N) is 1. The van der Waals surface area contributed by atoms with Crippen LogP contribution >= 0.6 is 11.3 Å². The number of nitrogens with two attached hydrogens (primary N) is 1. The molecule has 1 rings (SSSR count). The average molecular weight is 249 g/mol. The Bertz CT molecular complexity index is 439. The fourth-order valence-corrected chi connectivity index (χ4v) is 3.70. The van der Waals surface area contributed by atoms with Gasteiger partial charge < -0.3 is 5.73 Å². The highest BCUT2D eigenvalue weighted by Crippen LogP contribution is 2.24. The zero-order valence-corrected chi connectivity index (χ0v) is 10.6. The molecule has 0 aromatic carbocycles. The zero-order chi connectivity index (χ0) is 11.6. The second-order valence-corrected chi connectivity index (χ2v) is 6.30. The van der Waals surface area contributed by atoms with Gasteiger partial charge in [-0.3, -0.25) is 0 Å². The van der Waals surface area contributed by atoms with Crippen LogP contribution in [0.25, 0.3) is 0 Å². The molecule has 1 atom stereocenters. The first-order valence-corrected chi connectivity index (χ1v) is 6.92. The van der Waals surface area contributed by atoms with Gasteiger partial charge in [0.25, 0.3) is 10.0 Å². The molecule has 0 radical (unpaired) electrons. The van der Waals surface area contributed by atoms with Crippen LogP contribution < -0.4 is 10.5 Å². The molecule has 7 heteroatoms. The van der Waals surface area contributed by atoms with Gasteiger partial charge in [-0.15, -0.1) is 0 Å². The minimum atomic E-state index is -3.46. The molecule has 0 aliphatic rings. The highest BCUT2D eigenvalue weighted by Gasteiger charge is 2.22. The molecular formula is C8H15N3O2S2.